The van der Waals surface area contributed by atoms with Crippen molar-refractivity contribution in [2.45, 2.75) is 0 Å². The number of hydrogen-bond donors (Lipinski definition) is 0. The number of benzene rings is 2. The van der Waals surface area contributed by atoms with E-state index in [0.29, 0.717) is 22.0 Å². The van der Waals surface area contributed by atoms with Gasteiger partial charge in [0.25, 0.3) is 11.1 Å². The van der Waals surface area contributed by atoms with Gasteiger partial charge in [0.15, 0.2) is 0 Å². The highest BCUT2D eigenvalue weighted by Gasteiger charge is 2.34. The van der Waals surface area contributed by atoms with Crippen LogP contribution in [0, 0.1) is 0 Å². The zero-order valence-electron chi connectivity index (χ0n) is 16.2. The standard InChI is InChI=1S/C23H17NO6S/c25-21-20(31-23(27)24(21)12-14-28-17-5-2-1-3-6-17)15-16-8-10-18(11-9-16)30-22(26)19-7-4-13-29-19/h1-11,13,15H,12,14H2/b20-15-. The molecule has 4 rings (SSSR count). The minimum atomic E-state index is -0.600. The summed E-state index contributed by atoms with van der Waals surface area (Å²) in [5, 5.41) is -0.336. The lowest BCUT2D eigenvalue weighted by Crippen LogP contribution is -2.32. The van der Waals surface area contributed by atoms with E-state index in [1.165, 1.54) is 17.2 Å². The van der Waals surface area contributed by atoms with Crippen molar-refractivity contribution in [1.29, 1.82) is 0 Å². The van der Waals surface area contributed by atoms with Crippen molar-refractivity contribution >= 4 is 35.0 Å². The fraction of sp³-hybridized carbons (Fsp3) is 0.0870. The first-order valence-corrected chi connectivity index (χ1v) is 10.2. The Labute approximate surface area is 182 Å². The average molecular weight is 435 g/mol. The third-order valence-corrected chi connectivity index (χ3v) is 5.22. The maximum atomic E-state index is 12.6. The van der Waals surface area contributed by atoms with Crippen molar-refractivity contribution in [3.8, 4) is 11.5 Å². The van der Waals surface area contributed by atoms with E-state index in [1.807, 2.05) is 30.3 Å². The summed E-state index contributed by atoms with van der Waals surface area (Å²) in [5.41, 5.74) is 0.698. The molecule has 1 fully saturated rings. The predicted molar refractivity (Wildman–Crippen MR) is 115 cm³/mol. The number of esters is 1. The first-order chi connectivity index (χ1) is 15.1. The number of ether oxygens (including phenoxy) is 2. The molecule has 0 bridgehead atoms. The molecular weight excluding hydrogens is 418 g/mol. The maximum Gasteiger partial charge on any atom is 0.379 e. The number of imide groups is 1. The second-order valence-corrected chi connectivity index (χ2v) is 7.42. The fourth-order valence-electron chi connectivity index (χ4n) is 2.80. The molecule has 31 heavy (non-hydrogen) atoms. The Kier molecular flexibility index (Phi) is 6.18. The molecule has 156 valence electrons. The van der Waals surface area contributed by atoms with Gasteiger partial charge in [-0.2, -0.15) is 0 Å². The monoisotopic (exact) mass is 435 g/mol. The molecule has 8 heteroatoms. The van der Waals surface area contributed by atoms with Gasteiger partial charge in [0.1, 0.15) is 18.1 Å². The normalized spacial score (nSPS) is 14.8. The van der Waals surface area contributed by atoms with Crippen LogP contribution in [-0.2, 0) is 4.79 Å². The van der Waals surface area contributed by atoms with E-state index >= 15 is 0 Å². The van der Waals surface area contributed by atoms with Crippen molar-refractivity contribution in [1.82, 2.24) is 4.90 Å². The Morgan fingerprint density at radius 2 is 1.74 bits per heavy atom. The summed E-state index contributed by atoms with van der Waals surface area (Å²) in [4.78, 5) is 38.2. The minimum absolute atomic E-state index is 0.106. The molecular formula is C23H17NO6S. The van der Waals surface area contributed by atoms with Gasteiger partial charge < -0.3 is 13.9 Å². The van der Waals surface area contributed by atoms with E-state index in [0.717, 1.165) is 11.8 Å². The molecule has 2 aromatic carbocycles. The predicted octanol–water partition coefficient (Wildman–Crippen LogP) is 4.61. The number of rotatable bonds is 7. The van der Waals surface area contributed by atoms with Crippen LogP contribution >= 0.6 is 11.8 Å². The van der Waals surface area contributed by atoms with Gasteiger partial charge >= 0.3 is 5.97 Å². The summed E-state index contributed by atoms with van der Waals surface area (Å²) in [6.07, 6.45) is 3.02. The molecule has 3 aromatic rings. The molecule has 0 unspecified atom stereocenters. The summed E-state index contributed by atoms with van der Waals surface area (Å²) in [5.74, 6) is 0.160. The summed E-state index contributed by atoms with van der Waals surface area (Å²) in [6, 6.07) is 18.9. The highest BCUT2D eigenvalue weighted by Crippen LogP contribution is 2.32. The van der Waals surface area contributed by atoms with Gasteiger partial charge in [0.2, 0.25) is 5.76 Å². The smallest absolute Gasteiger partial charge is 0.379 e. The molecule has 0 N–H and O–H groups in total. The topological polar surface area (TPSA) is 86.0 Å². The highest BCUT2D eigenvalue weighted by atomic mass is 32.2. The van der Waals surface area contributed by atoms with E-state index in [4.69, 9.17) is 13.9 Å². The van der Waals surface area contributed by atoms with Crippen LogP contribution in [0.3, 0.4) is 0 Å². The molecule has 1 aliphatic rings. The van der Waals surface area contributed by atoms with Crippen molar-refractivity contribution in [2.75, 3.05) is 13.2 Å². The minimum Gasteiger partial charge on any atom is -0.492 e. The quantitative estimate of drug-likeness (QED) is 0.304. The molecule has 0 saturated carbocycles. The lowest BCUT2D eigenvalue weighted by atomic mass is 10.2. The Morgan fingerprint density at radius 3 is 2.45 bits per heavy atom. The summed E-state index contributed by atoms with van der Waals surface area (Å²) in [7, 11) is 0. The molecule has 0 aliphatic carbocycles. The molecule has 7 nitrogen and oxygen atoms in total. The highest BCUT2D eigenvalue weighted by molar-refractivity contribution is 8.18. The number of nitrogens with zero attached hydrogens (tertiary/aromatic N) is 1. The first kappa shape index (κ1) is 20.5. The molecule has 2 heterocycles. The third kappa shape index (κ3) is 5.04. The summed E-state index contributed by atoms with van der Waals surface area (Å²) in [6.45, 7) is 0.379. The van der Waals surface area contributed by atoms with Gasteiger partial charge in [-0.3, -0.25) is 14.5 Å². The second kappa shape index (κ2) is 9.36. The van der Waals surface area contributed by atoms with Crippen molar-refractivity contribution in [3.63, 3.8) is 0 Å². The van der Waals surface area contributed by atoms with Crippen LogP contribution < -0.4 is 9.47 Å². The van der Waals surface area contributed by atoms with Gasteiger partial charge in [-0.1, -0.05) is 30.3 Å². The average Bonchev–Trinajstić information content (AvgIpc) is 3.41. The number of carbonyl (C=O) groups is 3. The molecule has 2 amide bonds. The molecule has 1 saturated heterocycles. The zero-order chi connectivity index (χ0) is 21.6. The molecule has 1 aliphatic heterocycles. The van der Waals surface area contributed by atoms with Crippen molar-refractivity contribution < 1.29 is 28.3 Å². The molecule has 0 spiro atoms. The second-order valence-electron chi connectivity index (χ2n) is 6.43. The van der Waals surface area contributed by atoms with Crippen LogP contribution in [0.4, 0.5) is 4.79 Å². The van der Waals surface area contributed by atoms with Gasteiger partial charge in [0.05, 0.1) is 17.7 Å². The molecule has 1 aromatic heterocycles. The van der Waals surface area contributed by atoms with Crippen molar-refractivity contribution in [2.24, 2.45) is 0 Å². The van der Waals surface area contributed by atoms with E-state index in [1.54, 1.807) is 36.4 Å². The number of carbonyl (C=O) groups excluding carboxylic acids is 3. The molecule has 0 atom stereocenters. The Bertz CT molecular complexity index is 1110. The van der Waals surface area contributed by atoms with Gasteiger partial charge in [-0.25, -0.2) is 4.79 Å². The zero-order valence-corrected chi connectivity index (χ0v) is 17.0. The summed E-state index contributed by atoms with van der Waals surface area (Å²) >= 11 is 0.881. The molecule has 0 radical (unpaired) electrons. The summed E-state index contributed by atoms with van der Waals surface area (Å²) < 4.78 is 15.8. The van der Waals surface area contributed by atoms with Crippen LogP contribution in [0.15, 0.2) is 82.3 Å². The first-order valence-electron chi connectivity index (χ1n) is 9.39. The lowest BCUT2D eigenvalue weighted by molar-refractivity contribution is -0.123. The number of amides is 2. The SMILES string of the molecule is O=C(Oc1ccc(/C=C2\SC(=O)N(CCOc3ccccc3)C2=O)cc1)c1ccco1. The Balaban J connectivity index is 1.35. The number of furan rings is 1. The van der Waals surface area contributed by atoms with Crippen LogP contribution in [0.2, 0.25) is 0 Å². The van der Waals surface area contributed by atoms with E-state index < -0.39 is 5.97 Å². The van der Waals surface area contributed by atoms with Gasteiger partial charge in [-0.05, 0) is 59.8 Å². The van der Waals surface area contributed by atoms with Crippen molar-refractivity contribution in [3.05, 3.63) is 89.2 Å². The Hall–Kier alpha value is -3.78. The number of thioether (sulfide) groups is 1. The number of para-hydroxylation sites is 1. The van der Waals surface area contributed by atoms with E-state index in [2.05, 4.69) is 0 Å². The van der Waals surface area contributed by atoms with Gasteiger partial charge in [0, 0.05) is 0 Å². The van der Waals surface area contributed by atoms with Crippen LogP contribution in [0.1, 0.15) is 16.1 Å². The Morgan fingerprint density at radius 1 is 0.968 bits per heavy atom. The van der Waals surface area contributed by atoms with Crippen LogP contribution in [0.5, 0.6) is 11.5 Å². The largest absolute Gasteiger partial charge is 0.492 e. The van der Waals surface area contributed by atoms with Crippen LogP contribution in [0.25, 0.3) is 6.08 Å². The fourth-order valence-corrected chi connectivity index (χ4v) is 3.66. The maximum absolute atomic E-state index is 12.6. The van der Waals surface area contributed by atoms with Gasteiger partial charge in [-0.15, -0.1) is 0 Å². The lowest BCUT2D eigenvalue weighted by Gasteiger charge is -2.13. The number of hydrogen-bond acceptors (Lipinski definition) is 7. The van der Waals surface area contributed by atoms with E-state index in [-0.39, 0.29) is 30.1 Å². The van der Waals surface area contributed by atoms with E-state index in [9.17, 15) is 14.4 Å². The third-order valence-electron chi connectivity index (χ3n) is 4.31. The van der Waals surface area contributed by atoms with Crippen LogP contribution in [-0.4, -0.2) is 35.2 Å².